The van der Waals surface area contributed by atoms with Crippen LogP contribution in [0.25, 0.3) is 0 Å². The molecule has 19 heavy (non-hydrogen) atoms. The molecule has 0 spiro atoms. The van der Waals surface area contributed by atoms with Crippen molar-refractivity contribution in [3.63, 3.8) is 0 Å². The van der Waals surface area contributed by atoms with Crippen LogP contribution in [-0.4, -0.2) is 23.7 Å². The van der Waals surface area contributed by atoms with Crippen LogP contribution < -0.4 is 10.6 Å². The smallest absolute Gasteiger partial charge is 0.191 e. The summed E-state index contributed by atoms with van der Waals surface area (Å²) < 4.78 is 5.16. The number of aryl methyl sites for hydroxylation is 2. The number of hydrogen-bond donors (Lipinski definition) is 2. The Morgan fingerprint density at radius 2 is 2.11 bits per heavy atom. The minimum absolute atomic E-state index is 0.572. The van der Waals surface area contributed by atoms with Crippen molar-refractivity contribution in [2.75, 3.05) is 6.54 Å². The Bertz CT molecular complexity index is 413. The summed E-state index contributed by atoms with van der Waals surface area (Å²) in [5.41, 5.74) is 2.02. The van der Waals surface area contributed by atoms with Gasteiger partial charge in [-0.05, 0) is 33.6 Å². The molecule has 2 N–H and O–H groups in total. The van der Waals surface area contributed by atoms with Crippen molar-refractivity contribution >= 4 is 5.96 Å². The Hall–Kier alpha value is -1.52. The summed E-state index contributed by atoms with van der Waals surface area (Å²) in [6, 6.07) is 0.572. The lowest BCUT2D eigenvalue weighted by Gasteiger charge is -2.16. The van der Waals surface area contributed by atoms with Crippen molar-refractivity contribution in [3.8, 4) is 0 Å². The molecule has 2 rings (SSSR count). The van der Waals surface area contributed by atoms with E-state index in [4.69, 9.17) is 4.52 Å². The zero-order chi connectivity index (χ0) is 13.7. The highest BCUT2D eigenvalue weighted by atomic mass is 16.5. The fourth-order valence-electron chi connectivity index (χ4n) is 2.47. The molecule has 0 aliphatic heterocycles. The molecule has 1 fully saturated rings. The van der Waals surface area contributed by atoms with Crippen LogP contribution >= 0.6 is 0 Å². The van der Waals surface area contributed by atoms with E-state index >= 15 is 0 Å². The van der Waals surface area contributed by atoms with Crippen molar-refractivity contribution in [1.29, 1.82) is 0 Å². The van der Waals surface area contributed by atoms with Crippen molar-refractivity contribution in [3.05, 3.63) is 17.0 Å². The molecular formula is C14H24N4O. The molecule has 0 saturated heterocycles. The van der Waals surface area contributed by atoms with Crippen LogP contribution in [0, 0.1) is 13.8 Å². The summed E-state index contributed by atoms with van der Waals surface area (Å²) in [5, 5.41) is 10.8. The van der Waals surface area contributed by atoms with Gasteiger partial charge >= 0.3 is 0 Å². The van der Waals surface area contributed by atoms with Gasteiger partial charge in [-0.2, -0.15) is 0 Å². The molecule has 106 valence electrons. The van der Waals surface area contributed by atoms with Gasteiger partial charge in [-0.25, -0.2) is 4.99 Å². The SMILES string of the molecule is CCNC(=NCc1c(C)noc1C)NC1CCCC1. The Morgan fingerprint density at radius 3 is 2.68 bits per heavy atom. The van der Waals surface area contributed by atoms with E-state index in [2.05, 4.69) is 27.7 Å². The van der Waals surface area contributed by atoms with Crippen molar-refractivity contribution in [2.45, 2.75) is 59.0 Å². The van der Waals surface area contributed by atoms with Crippen LogP contribution in [0.4, 0.5) is 0 Å². The lowest BCUT2D eigenvalue weighted by atomic mass is 10.2. The summed E-state index contributed by atoms with van der Waals surface area (Å²) in [4.78, 5) is 4.64. The molecule has 5 heteroatoms. The molecule has 0 aromatic carbocycles. The van der Waals surface area contributed by atoms with Gasteiger partial charge in [0.1, 0.15) is 5.76 Å². The van der Waals surface area contributed by atoms with E-state index in [-0.39, 0.29) is 0 Å². The molecule has 1 aromatic rings. The predicted molar refractivity (Wildman–Crippen MR) is 76.2 cm³/mol. The maximum atomic E-state index is 5.16. The van der Waals surface area contributed by atoms with Crippen LogP contribution in [0.5, 0.6) is 0 Å². The third-order valence-electron chi connectivity index (χ3n) is 3.62. The maximum Gasteiger partial charge on any atom is 0.191 e. The van der Waals surface area contributed by atoms with Gasteiger partial charge in [0.2, 0.25) is 0 Å². The zero-order valence-corrected chi connectivity index (χ0v) is 12.1. The monoisotopic (exact) mass is 264 g/mol. The first kappa shape index (κ1) is 13.9. The topological polar surface area (TPSA) is 62.5 Å². The van der Waals surface area contributed by atoms with Crippen LogP contribution in [0.15, 0.2) is 9.52 Å². The van der Waals surface area contributed by atoms with Crippen molar-refractivity contribution in [1.82, 2.24) is 15.8 Å². The van der Waals surface area contributed by atoms with Crippen molar-refractivity contribution < 1.29 is 4.52 Å². The number of nitrogens with one attached hydrogen (secondary N) is 2. The van der Waals surface area contributed by atoms with Gasteiger partial charge in [0, 0.05) is 18.2 Å². The highest BCUT2D eigenvalue weighted by Crippen LogP contribution is 2.17. The minimum atomic E-state index is 0.572. The molecule has 0 bridgehead atoms. The van der Waals surface area contributed by atoms with Gasteiger partial charge in [-0.1, -0.05) is 18.0 Å². The number of aliphatic imine (C=N–C) groups is 1. The van der Waals surface area contributed by atoms with E-state index in [1.807, 2.05) is 13.8 Å². The second-order valence-corrected chi connectivity index (χ2v) is 5.12. The highest BCUT2D eigenvalue weighted by Gasteiger charge is 2.16. The lowest BCUT2D eigenvalue weighted by molar-refractivity contribution is 0.392. The maximum absolute atomic E-state index is 5.16. The normalized spacial score (nSPS) is 16.9. The molecule has 5 nitrogen and oxygen atoms in total. The Balaban J connectivity index is 1.99. The molecule has 0 radical (unpaired) electrons. The molecule has 1 aliphatic carbocycles. The Kier molecular flexibility index (Phi) is 4.82. The second kappa shape index (κ2) is 6.59. The van der Waals surface area contributed by atoms with Crippen LogP contribution in [-0.2, 0) is 6.54 Å². The molecule has 0 unspecified atom stereocenters. The fraction of sp³-hybridized carbons (Fsp3) is 0.714. The molecule has 1 heterocycles. The quantitative estimate of drug-likeness (QED) is 0.647. The summed E-state index contributed by atoms with van der Waals surface area (Å²) in [5.74, 6) is 1.76. The first-order valence-corrected chi connectivity index (χ1v) is 7.17. The number of nitrogens with zero attached hydrogens (tertiary/aromatic N) is 2. The second-order valence-electron chi connectivity index (χ2n) is 5.12. The predicted octanol–water partition coefficient (Wildman–Crippen LogP) is 2.29. The lowest BCUT2D eigenvalue weighted by Crippen LogP contribution is -2.42. The molecule has 1 saturated carbocycles. The van der Waals surface area contributed by atoms with E-state index in [0.717, 1.165) is 29.5 Å². The fourth-order valence-corrected chi connectivity index (χ4v) is 2.47. The van der Waals surface area contributed by atoms with Crippen molar-refractivity contribution in [2.24, 2.45) is 4.99 Å². The molecule has 1 aliphatic rings. The summed E-state index contributed by atoms with van der Waals surface area (Å²) >= 11 is 0. The molecule has 0 amide bonds. The van der Waals surface area contributed by atoms with E-state index in [9.17, 15) is 0 Å². The van der Waals surface area contributed by atoms with E-state index < -0.39 is 0 Å². The number of rotatable bonds is 4. The number of aromatic nitrogens is 1. The summed E-state index contributed by atoms with van der Waals surface area (Å²) in [7, 11) is 0. The van der Waals surface area contributed by atoms with Gasteiger partial charge in [-0.15, -0.1) is 0 Å². The summed E-state index contributed by atoms with van der Waals surface area (Å²) in [6.07, 6.45) is 5.13. The third-order valence-corrected chi connectivity index (χ3v) is 3.62. The average molecular weight is 264 g/mol. The van der Waals surface area contributed by atoms with Gasteiger partial charge in [0.05, 0.1) is 12.2 Å². The van der Waals surface area contributed by atoms with Gasteiger partial charge in [0.25, 0.3) is 0 Å². The molecular weight excluding hydrogens is 240 g/mol. The van der Waals surface area contributed by atoms with Gasteiger partial charge in [-0.3, -0.25) is 0 Å². The van der Waals surface area contributed by atoms with Crippen LogP contribution in [0.1, 0.15) is 49.6 Å². The zero-order valence-electron chi connectivity index (χ0n) is 12.1. The van der Waals surface area contributed by atoms with Gasteiger partial charge in [0.15, 0.2) is 5.96 Å². The largest absolute Gasteiger partial charge is 0.361 e. The minimum Gasteiger partial charge on any atom is -0.361 e. The van der Waals surface area contributed by atoms with E-state index in [0.29, 0.717) is 12.6 Å². The number of guanidine groups is 1. The summed E-state index contributed by atoms with van der Waals surface area (Å²) in [6.45, 7) is 7.46. The first-order chi connectivity index (χ1) is 9.20. The van der Waals surface area contributed by atoms with E-state index in [1.54, 1.807) is 0 Å². The molecule has 0 atom stereocenters. The Labute approximate surface area is 114 Å². The van der Waals surface area contributed by atoms with Crippen LogP contribution in [0.3, 0.4) is 0 Å². The first-order valence-electron chi connectivity index (χ1n) is 7.17. The van der Waals surface area contributed by atoms with Crippen LogP contribution in [0.2, 0.25) is 0 Å². The third kappa shape index (κ3) is 3.72. The van der Waals surface area contributed by atoms with E-state index in [1.165, 1.54) is 25.7 Å². The molecule has 1 aromatic heterocycles. The standard InChI is InChI=1S/C14H24N4O/c1-4-15-14(17-12-7-5-6-8-12)16-9-13-10(2)18-19-11(13)3/h12H,4-9H2,1-3H3,(H2,15,16,17). The Morgan fingerprint density at radius 1 is 1.37 bits per heavy atom. The van der Waals surface area contributed by atoms with Gasteiger partial charge < -0.3 is 15.2 Å². The highest BCUT2D eigenvalue weighted by molar-refractivity contribution is 5.80. The number of hydrogen-bond acceptors (Lipinski definition) is 3. The average Bonchev–Trinajstić information content (AvgIpc) is 2.99.